The summed E-state index contributed by atoms with van der Waals surface area (Å²) in [7, 11) is 2.54. The summed E-state index contributed by atoms with van der Waals surface area (Å²) in [5.74, 6) is -10.7. The summed E-state index contributed by atoms with van der Waals surface area (Å²) < 4.78 is 81.7. The molecule has 0 atom stereocenters. The van der Waals surface area contributed by atoms with Crippen LogP contribution in [-0.4, -0.2) is 146 Å². The molecule has 0 saturated carbocycles. The van der Waals surface area contributed by atoms with Crippen LogP contribution in [0.15, 0.2) is 42.5 Å². The van der Waals surface area contributed by atoms with Crippen molar-refractivity contribution in [1.29, 1.82) is 0 Å². The molecule has 4 aromatic carbocycles. The molecule has 472 valence electrons. The van der Waals surface area contributed by atoms with Gasteiger partial charge in [-0.2, -0.15) is 0 Å². The highest BCUT2D eigenvalue weighted by atomic mass is 35.5. The molecule has 0 amide bonds. The fraction of sp³-hybridized carbons (Fsp3) is 0.397. The quantitative estimate of drug-likeness (QED) is 0.0231. The van der Waals surface area contributed by atoms with E-state index < -0.39 is 143 Å². The van der Waals surface area contributed by atoms with Gasteiger partial charge in [0.15, 0.2) is 28.6 Å². The van der Waals surface area contributed by atoms with Crippen LogP contribution in [0.3, 0.4) is 0 Å². The van der Waals surface area contributed by atoms with Gasteiger partial charge in [-0.3, -0.25) is 47.9 Å². The molecule has 0 unspecified atom stereocenters. The van der Waals surface area contributed by atoms with Crippen molar-refractivity contribution in [3.63, 3.8) is 0 Å². The fourth-order valence-corrected chi connectivity index (χ4v) is 10.3. The van der Waals surface area contributed by atoms with E-state index in [-0.39, 0.29) is 89.3 Å². The van der Waals surface area contributed by atoms with E-state index in [0.29, 0.717) is 5.56 Å². The third-order valence-electron chi connectivity index (χ3n) is 12.9. The summed E-state index contributed by atoms with van der Waals surface area (Å²) in [6.07, 6.45) is 0. The Balaban J connectivity index is 1.58. The minimum Gasteiger partial charge on any atom is -0.493 e. The van der Waals surface area contributed by atoms with E-state index >= 15 is 4.79 Å². The van der Waals surface area contributed by atoms with E-state index in [4.69, 9.17) is 94.3 Å². The predicted molar refractivity (Wildman–Crippen MR) is 300 cm³/mol. The van der Waals surface area contributed by atoms with E-state index in [1.807, 2.05) is 0 Å². The number of methoxy groups -OCH3 is 2. The molecule has 28 nitrogen and oxygen atoms in total. The summed E-state index contributed by atoms with van der Waals surface area (Å²) in [6.45, 7) is 4.58. The molecule has 1 aliphatic heterocycles. The number of halogens is 2. The summed E-state index contributed by atoms with van der Waals surface area (Å²) in [4.78, 5) is 142. The van der Waals surface area contributed by atoms with E-state index in [0.717, 1.165) is 46.4 Å². The zero-order chi connectivity index (χ0) is 64.9. The molecule has 4 aromatic rings. The van der Waals surface area contributed by atoms with Crippen molar-refractivity contribution >= 4 is 100 Å². The highest BCUT2D eigenvalue weighted by Crippen LogP contribution is 2.64. The number of esters is 11. The van der Waals surface area contributed by atoms with E-state index in [1.165, 1.54) is 49.5 Å². The molecule has 0 bridgehead atoms. The van der Waals surface area contributed by atoms with Gasteiger partial charge in [-0.15, -0.1) is 0 Å². The molecule has 6 rings (SSSR count). The summed E-state index contributed by atoms with van der Waals surface area (Å²) in [5.41, 5.74) is -2.81. The second kappa shape index (κ2) is 29.2. The Hall–Kier alpha value is -9.57. The lowest BCUT2D eigenvalue weighted by molar-refractivity contribution is -0.167. The van der Waals surface area contributed by atoms with Gasteiger partial charge in [0.1, 0.15) is 50.9 Å². The molecule has 30 heteroatoms. The minimum atomic E-state index is -2.20. The van der Waals surface area contributed by atoms with Crippen LogP contribution in [0.1, 0.15) is 99.1 Å². The predicted octanol–water partition coefficient (Wildman–Crippen LogP) is 5.60. The number of aryl methyl sites for hydroxylation is 1. The first-order valence-corrected chi connectivity index (χ1v) is 26.9. The van der Waals surface area contributed by atoms with Crippen LogP contribution in [-0.2, 0) is 102 Å². The number of anilines is 2. The minimum absolute atomic E-state index is 0.0283. The van der Waals surface area contributed by atoms with Gasteiger partial charge in [0, 0.05) is 63.6 Å². The third kappa shape index (κ3) is 15.9. The molecule has 0 N–H and O–H groups in total. The van der Waals surface area contributed by atoms with Gasteiger partial charge < -0.3 is 80.9 Å². The maximum atomic E-state index is 15.0. The smallest absolute Gasteiger partial charge is 0.340 e. The number of carbonyl (C=O) groups excluding carboxylic acids is 11. The van der Waals surface area contributed by atoms with Gasteiger partial charge in [-0.1, -0.05) is 43.1 Å². The molecular formula is C58H60Cl2N2O26. The molecule has 1 aliphatic carbocycles. The Labute approximate surface area is 512 Å². The lowest BCUT2D eigenvalue weighted by Gasteiger charge is -2.46. The molecule has 0 aromatic heterocycles. The first-order valence-electron chi connectivity index (χ1n) is 26.2. The first-order chi connectivity index (χ1) is 41.5. The number of rotatable bonds is 27. The summed E-state index contributed by atoms with van der Waals surface area (Å²) in [5, 5.41) is -0.402. The topological polar surface area (TPSA) is 333 Å². The van der Waals surface area contributed by atoms with E-state index in [1.54, 1.807) is 32.9 Å². The van der Waals surface area contributed by atoms with Crippen molar-refractivity contribution in [3.05, 3.63) is 91.5 Å². The van der Waals surface area contributed by atoms with Gasteiger partial charge in [0.05, 0.1) is 41.2 Å². The van der Waals surface area contributed by atoms with Crippen molar-refractivity contribution in [2.45, 2.75) is 73.3 Å². The van der Waals surface area contributed by atoms with E-state index in [9.17, 15) is 47.9 Å². The highest BCUT2D eigenvalue weighted by Gasteiger charge is 2.59. The highest BCUT2D eigenvalue weighted by molar-refractivity contribution is 6.35. The fourth-order valence-electron chi connectivity index (χ4n) is 9.36. The second-order valence-corrected chi connectivity index (χ2v) is 20.3. The number of nitrogens with zero attached hydrogens (tertiary/aromatic N) is 2. The first kappa shape index (κ1) is 67.6. The lowest BCUT2D eigenvalue weighted by atomic mass is 9.61. The van der Waals surface area contributed by atoms with Crippen LogP contribution in [0.4, 0.5) is 11.4 Å². The maximum absolute atomic E-state index is 15.0. The standard InChI is InChI=1S/C58H60Cl2N2O26/c1-29-12-13-40(61(21-46(69)82-25-78-30(2)63)22-47(70)83-26-79-31(3)64)42(16-29)76-14-15-77-43-18-37-36(17-41(43)62(23-48(71)84-27-80-32(4)65)24-49(72)85-28-81-33(5)66)56(73)88-58(37)38-19-44(74-10)54(86-34(6)67)52(59)50(38)57(8,9)51-39(58)20-45(75-11)55(53(51)60)87-35(7)68/h12-13,16-20H,14-15,21-28H2,1-11H3. The van der Waals surface area contributed by atoms with Crippen LogP contribution < -0.4 is 38.2 Å². The largest absolute Gasteiger partial charge is 0.493 e. The zero-order valence-electron chi connectivity index (χ0n) is 49.4. The lowest BCUT2D eigenvalue weighted by Crippen LogP contribution is -2.42. The average Bonchev–Trinajstić information content (AvgIpc) is 1.25. The third-order valence-corrected chi connectivity index (χ3v) is 13.6. The molecule has 88 heavy (non-hydrogen) atoms. The Kier molecular flexibility index (Phi) is 22.4. The molecule has 0 saturated heterocycles. The van der Waals surface area contributed by atoms with Gasteiger partial charge in [-0.25, -0.2) is 4.79 Å². The number of hydrogen-bond donors (Lipinski definition) is 0. The Bertz CT molecular complexity index is 3300. The number of hydrogen-bond acceptors (Lipinski definition) is 28. The Morgan fingerprint density at radius 3 is 1.20 bits per heavy atom. The zero-order valence-corrected chi connectivity index (χ0v) is 50.9. The average molecular weight is 1270 g/mol. The van der Waals surface area contributed by atoms with Crippen molar-refractivity contribution in [2.24, 2.45) is 0 Å². The maximum Gasteiger partial charge on any atom is 0.340 e. The van der Waals surface area contributed by atoms with Crippen LogP contribution in [0.5, 0.6) is 34.5 Å². The number of ether oxygens (including phenoxy) is 15. The SMILES string of the molecule is COc1cc2c(c(Cl)c1OC(C)=O)C(C)(C)c1c(cc(OC)c(OC(C)=O)c1Cl)C21OC(=O)c2cc(N(CC(=O)OCOC(C)=O)CC(=O)OCOC(C)=O)c(OCCOc3cc(C)ccc3N(CC(=O)OCOC(C)=O)CC(=O)OCOC(C)=O)cc21. The Morgan fingerprint density at radius 1 is 0.477 bits per heavy atom. The van der Waals surface area contributed by atoms with Crippen LogP contribution in [0.25, 0.3) is 0 Å². The Morgan fingerprint density at radius 2 is 0.841 bits per heavy atom. The molecule has 0 radical (unpaired) electrons. The normalized spacial score (nSPS) is 12.7. The monoisotopic (exact) mass is 1270 g/mol. The van der Waals surface area contributed by atoms with Gasteiger partial charge in [-0.05, 0) is 60.0 Å². The van der Waals surface area contributed by atoms with Crippen molar-refractivity contribution < 1.29 is 124 Å². The van der Waals surface area contributed by atoms with Gasteiger partial charge in [0.2, 0.25) is 27.2 Å². The molecule has 2 aliphatic rings. The van der Waals surface area contributed by atoms with Gasteiger partial charge >= 0.3 is 65.7 Å². The molecular weight excluding hydrogens is 1210 g/mol. The van der Waals surface area contributed by atoms with Crippen molar-refractivity contribution in [3.8, 4) is 34.5 Å². The molecule has 1 heterocycles. The second-order valence-electron chi connectivity index (χ2n) is 19.5. The van der Waals surface area contributed by atoms with Gasteiger partial charge in [0.25, 0.3) is 0 Å². The van der Waals surface area contributed by atoms with Crippen LogP contribution in [0.2, 0.25) is 10.0 Å². The van der Waals surface area contributed by atoms with Crippen LogP contribution >= 0.6 is 23.2 Å². The molecule has 0 fully saturated rings. The summed E-state index contributed by atoms with van der Waals surface area (Å²) in [6, 6.07) is 10.1. The summed E-state index contributed by atoms with van der Waals surface area (Å²) >= 11 is 14.7. The number of benzene rings is 4. The number of carbonyl (C=O) groups is 11. The molecule has 1 spiro atoms. The van der Waals surface area contributed by atoms with Crippen LogP contribution in [0, 0.1) is 6.92 Å². The van der Waals surface area contributed by atoms with Crippen molar-refractivity contribution in [1.82, 2.24) is 0 Å². The number of fused-ring (bicyclic) bond motifs is 6. The van der Waals surface area contributed by atoms with E-state index in [2.05, 4.69) is 0 Å². The van der Waals surface area contributed by atoms with Crippen molar-refractivity contribution in [2.75, 3.05) is 90.6 Å².